The Hall–Kier alpha value is -1.85. The van der Waals surface area contributed by atoms with Gasteiger partial charge in [-0.2, -0.15) is 0 Å². The Kier molecular flexibility index (Phi) is 4.47. The van der Waals surface area contributed by atoms with Crippen LogP contribution in [0.1, 0.15) is 48.2 Å². The van der Waals surface area contributed by atoms with Crippen LogP contribution in [0, 0.1) is 5.92 Å². The van der Waals surface area contributed by atoms with Crippen LogP contribution in [0.15, 0.2) is 10.6 Å². The number of nitrogens with zero attached hydrogens (tertiary/aromatic N) is 2. The summed E-state index contributed by atoms with van der Waals surface area (Å²) in [6, 6.07) is 1.20. The average molecular weight is 254 g/mol. The molecule has 0 spiro atoms. The second kappa shape index (κ2) is 5.66. The number of hydrogen-bond acceptors (Lipinski definition) is 4. The predicted molar refractivity (Wildman–Crippen MR) is 64.5 cm³/mol. The fourth-order valence-corrected chi connectivity index (χ4v) is 1.70. The van der Waals surface area contributed by atoms with Crippen LogP contribution in [-0.4, -0.2) is 40.1 Å². The van der Waals surface area contributed by atoms with Crippen LogP contribution in [0.2, 0.25) is 0 Å². The molecule has 1 heterocycles. The number of carboxylic acids is 1. The van der Waals surface area contributed by atoms with Gasteiger partial charge >= 0.3 is 5.97 Å². The minimum atomic E-state index is -1.24. The predicted octanol–water partition coefficient (Wildman–Crippen LogP) is 1.88. The highest BCUT2D eigenvalue weighted by molar-refractivity contribution is 5.94. The van der Waals surface area contributed by atoms with Crippen molar-refractivity contribution in [3.8, 4) is 0 Å². The van der Waals surface area contributed by atoms with Crippen molar-refractivity contribution in [2.45, 2.75) is 33.2 Å². The summed E-state index contributed by atoms with van der Waals surface area (Å²) in [5.74, 6) is -1.43. The van der Waals surface area contributed by atoms with Gasteiger partial charge in [0, 0.05) is 19.2 Å². The minimum Gasteiger partial charge on any atom is -0.475 e. The second-order valence-corrected chi connectivity index (χ2v) is 4.78. The van der Waals surface area contributed by atoms with Crippen LogP contribution in [0.4, 0.5) is 0 Å². The smallest absolute Gasteiger partial charge is 0.374 e. The molecule has 1 rings (SSSR count). The van der Waals surface area contributed by atoms with E-state index in [1.165, 1.54) is 0 Å². The SMILES string of the molecule is CC(C)CC(C)N(C)C(=O)c1cc(C(=O)O)on1. The van der Waals surface area contributed by atoms with Crippen LogP contribution in [0.3, 0.4) is 0 Å². The largest absolute Gasteiger partial charge is 0.475 e. The van der Waals surface area contributed by atoms with Crippen LogP contribution in [-0.2, 0) is 0 Å². The Morgan fingerprint density at radius 3 is 2.50 bits per heavy atom. The quantitative estimate of drug-likeness (QED) is 0.867. The number of carbonyl (C=O) groups is 2. The van der Waals surface area contributed by atoms with Crippen LogP contribution >= 0.6 is 0 Å². The van der Waals surface area contributed by atoms with Gasteiger partial charge in [-0.25, -0.2) is 4.79 Å². The molecule has 0 aliphatic carbocycles. The van der Waals surface area contributed by atoms with Gasteiger partial charge in [0.05, 0.1) is 0 Å². The number of carboxylic acid groups (broad SMARTS) is 1. The van der Waals surface area contributed by atoms with Gasteiger partial charge in [-0.1, -0.05) is 19.0 Å². The van der Waals surface area contributed by atoms with E-state index >= 15 is 0 Å². The molecule has 0 aliphatic rings. The average Bonchev–Trinajstić information content (AvgIpc) is 2.75. The van der Waals surface area contributed by atoms with E-state index < -0.39 is 5.97 Å². The minimum absolute atomic E-state index is 0.0190. The molecule has 0 saturated carbocycles. The van der Waals surface area contributed by atoms with E-state index in [2.05, 4.69) is 23.5 Å². The molecule has 1 aromatic rings. The molecule has 6 heteroatoms. The third-order valence-electron chi connectivity index (χ3n) is 2.73. The van der Waals surface area contributed by atoms with Crippen molar-refractivity contribution >= 4 is 11.9 Å². The van der Waals surface area contributed by atoms with Gasteiger partial charge in [0.1, 0.15) is 0 Å². The van der Waals surface area contributed by atoms with Gasteiger partial charge in [0.25, 0.3) is 5.91 Å². The lowest BCUT2D eigenvalue weighted by molar-refractivity contribution is 0.0647. The topological polar surface area (TPSA) is 83.6 Å². The van der Waals surface area contributed by atoms with Crippen molar-refractivity contribution < 1.29 is 19.2 Å². The zero-order valence-corrected chi connectivity index (χ0v) is 11.0. The zero-order chi connectivity index (χ0) is 13.9. The molecule has 1 amide bonds. The van der Waals surface area contributed by atoms with E-state index in [-0.39, 0.29) is 23.4 Å². The van der Waals surface area contributed by atoms with Crippen LogP contribution in [0.5, 0.6) is 0 Å². The van der Waals surface area contributed by atoms with E-state index in [1.807, 2.05) is 6.92 Å². The molecule has 1 N–H and O–H groups in total. The Morgan fingerprint density at radius 1 is 1.44 bits per heavy atom. The van der Waals surface area contributed by atoms with E-state index in [0.29, 0.717) is 5.92 Å². The van der Waals surface area contributed by atoms with Gasteiger partial charge in [-0.3, -0.25) is 4.79 Å². The van der Waals surface area contributed by atoms with Crippen molar-refractivity contribution in [3.63, 3.8) is 0 Å². The number of aromatic carboxylic acids is 1. The van der Waals surface area contributed by atoms with Gasteiger partial charge in [0.2, 0.25) is 5.76 Å². The number of rotatable bonds is 5. The number of hydrogen-bond donors (Lipinski definition) is 1. The number of carbonyl (C=O) groups excluding carboxylic acids is 1. The molecular formula is C12H18N2O4. The van der Waals surface area contributed by atoms with Crippen molar-refractivity contribution in [1.82, 2.24) is 10.1 Å². The molecular weight excluding hydrogens is 236 g/mol. The monoisotopic (exact) mass is 254 g/mol. The van der Waals surface area contributed by atoms with Gasteiger partial charge < -0.3 is 14.5 Å². The summed E-state index contributed by atoms with van der Waals surface area (Å²) in [5.41, 5.74) is 0.0190. The fourth-order valence-electron chi connectivity index (χ4n) is 1.70. The van der Waals surface area contributed by atoms with Crippen LogP contribution < -0.4 is 0 Å². The Balaban J connectivity index is 2.76. The highest BCUT2D eigenvalue weighted by atomic mass is 16.5. The Labute approximate surface area is 106 Å². The van der Waals surface area contributed by atoms with E-state index in [9.17, 15) is 9.59 Å². The number of aromatic nitrogens is 1. The molecule has 1 atom stereocenters. The summed E-state index contributed by atoms with van der Waals surface area (Å²) in [5, 5.41) is 12.2. The summed E-state index contributed by atoms with van der Waals surface area (Å²) < 4.78 is 4.56. The molecule has 100 valence electrons. The van der Waals surface area contributed by atoms with Gasteiger partial charge in [-0.05, 0) is 19.3 Å². The molecule has 6 nitrogen and oxygen atoms in total. The molecule has 1 aromatic heterocycles. The fraction of sp³-hybridized carbons (Fsp3) is 0.583. The third-order valence-corrected chi connectivity index (χ3v) is 2.73. The van der Waals surface area contributed by atoms with Crippen molar-refractivity contribution in [3.05, 3.63) is 17.5 Å². The normalized spacial score (nSPS) is 12.5. The zero-order valence-electron chi connectivity index (χ0n) is 11.0. The molecule has 0 fully saturated rings. The maximum Gasteiger partial charge on any atom is 0.374 e. The first-order valence-electron chi connectivity index (χ1n) is 5.80. The molecule has 0 aliphatic heterocycles. The summed E-state index contributed by atoms with van der Waals surface area (Å²) >= 11 is 0. The Bertz CT molecular complexity index is 439. The lowest BCUT2D eigenvalue weighted by Gasteiger charge is -2.25. The third kappa shape index (κ3) is 3.32. The van der Waals surface area contributed by atoms with Crippen LogP contribution in [0.25, 0.3) is 0 Å². The number of amides is 1. The molecule has 18 heavy (non-hydrogen) atoms. The first-order chi connectivity index (χ1) is 8.32. The summed E-state index contributed by atoms with van der Waals surface area (Å²) in [7, 11) is 1.67. The molecule has 0 bridgehead atoms. The molecule has 1 unspecified atom stereocenters. The van der Waals surface area contributed by atoms with Gasteiger partial charge in [-0.15, -0.1) is 0 Å². The maximum atomic E-state index is 12.0. The lowest BCUT2D eigenvalue weighted by atomic mass is 10.0. The highest BCUT2D eigenvalue weighted by Crippen LogP contribution is 2.13. The highest BCUT2D eigenvalue weighted by Gasteiger charge is 2.23. The summed E-state index contributed by atoms with van der Waals surface area (Å²) in [6.45, 7) is 6.09. The van der Waals surface area contributed by atoms with Crippen molar-refractivity contribution in [2.75, 3.05) is 7.05 Å². The van der Waals surface area contributed by atoms with E-state index in [4.69, 9.17) is 5.11 Å². The first-order valence-corrected chi connectivity index (χ1v) is 5.80. The molecule has 0 saturated heterocycles. The summed E-state index contributed by atoms with van der Waals surface area (Å²) in [6.07, 6.45) is 0.867. The van der Waals surface area contributed by atoms with E-state index in [1.54, 1.807) is 11.9 Å². The molecule has 0 radical (unpaired) electrons. The first kappa shape index (κ1) is 14.2. The van der Waals surface area contributed by atoms with Crippen molar-refractivity contribution in [2.24, 2.45) is 5.92 Å². The summed E-state index contributed by atoms with van der Waals surface area (Å²) in [4.78, 5) is 24.2. The van der Waals surface area contributed by atoms with E-state index in [0.717, 1.165) is 12.5 Å². The standard InChI is InChI=1S/C12H18N2O4/c1-7(2)5-8(3)14(4)11(15)9-6-10(12(16)17)18-13-9/h6-8H,5H2,1-4H3,(H,16,17). The van der Waals surface area contributed by atoms with Crippen molar-refractivity contribution in [1.29, 1.82) is 0 Å². The van der Waals surface area contributed by atoms with Gasteiger partial charge in [0.15, 0.2) is 5.69 Å². The molecule has 0 aromatic carbocycles. The Morgan fingerprint density at radius 2 is 2.06 bits per heavy atom. The lowest BCUT2D eigenvalue weighted by Crippen LogP contribution is -2.36. The maximum absolute atomic E-state index is 12.0. The second-order valence-electron chi connectivity index (χ2n) is 4.78.